The van der Waals surface area contributed by atoms with Crippen LogP contribution in [0.5, 0.6) is 0 Å². The van der Waals surface area contributed by atoms with Crippen molar-refractivity contribution in [1.29, 1.82) is 0 Å². The van der Waals surface area contributed by atoms with E-state index in [0.717, 1.165) is 29.3 Å². The number of thiazole rings is 1. The maximum absolute atomic E-state index is 14.1. The van der Waals surface area contributed by atoms with E-state index in [1.54, 1.807) is 37.1 Å². The predicted molar refractivity (Wildman–Crippen MR) is 100 cm³/mol. The van der Waals surface area contributed by atoms with Crippen LogP contribution in [0, 0.1) is 25.5 Å². The molecule has 0 atom stereocenters. The second-order valence-electron chi connectivity index (χ2n) is 6.30. The van der Waals surface area contributed by atoms with Gasteiger partial charge in [-0.05, 0) is 32.4 Å². The highest BCUT2D eigenvalue weighted by atomic mass is 32.1. The number of benzene rings is 1. The summed E-state index contributed by atoms with van der Waals surface area (Å²) in [5.74, 6) is -1.61. The molecule has 2 aromatic heterocycles. The average molecular weight is 390 g/mol. The summed E-state index contributed by atoms with van der Waals surface area (Å²) in [6.45, 7) is 5.81. The summed E-state index contributed by atoms with van der Waals surface area (Å²) in [5.41, 5.74) is 2.33. The fourth-order valence-electron chi connectivity index (χ4n) is 2.93. The van der Waals surface area contributed by atoms with E-state index in [1.165, 1.54) is 10.7 Å². The Hall–Kier alpha value is -2.61. The van der Waals surface area contributed by atoms with Crippen molar-refractivity contribution in [3.05, 3.63) is 62.9 Å². The number of hydrogen-bond donors (Lipinski definition) is 0. The van der Waals surface area contributed by atoms with E-state index in [1.807, 2.05) is 12.3 Å². The zero-order valence-electron chi connectivity index (χ0n) is 15.6. The predicted octanol–water partition coefficient (Wildman–Crippen LogP) is 4.06. The normalized spacial score (nSPS) is 11.0. The van der Waals surface area contributed by atoms with Crippen LogP contribution in [-0.4, -0.2) is 32.6 Å². The van der Waals surface area contributed by atoms with Gasteiger partial charge in [-0.2, -0.15) is 5.10 Å². The number of rotatable bonds is 5. The fraction of sp³-hybridized carbons (Fsp3) is 0.316. The Morgan fingerprint density at radius 2 is 2.04 bits per heavy atom. The molecule has 142 valence electrons. The van der Waals surface area contributed by atoms with Crippen LogP contribution in [0.25, 0.3) is 5.69 Å². The van der Waals surface area contributed by atoms with Gasteiger partial charge in [-0.25, -0.2) is 18.4 Å². The molecule has 3 rings (SSSR count). The molecule has 8 heteroatoms. The zero-order valence-corrected chi connectivity index (χ0v) is 16.4. The van der Waals surface area contributed by atoms with Gasteiger partial charge in [0, 0.05) is 18.5 Å². The average Bonchev–Trinajstić information content (AvgIpc) is 3.18. The van der Waals surface area contributed by atoms with Gasteiger partial charge in [0.05, 0.1) is 34.2 Å². The first-order chi connectivity index (χ1) is 12.8. The lowest BCUT2D eigenvalue weighted by Crippen LogP contribution is -2.27. The van der Waals surface area contributed by atoms with Gasteiger partial charge in [-0.3, -0.25) is 4.79 Å². The smallest absolute Gasteiger partial charge is 0.257 e. The number of halogens is 2. The van der Waals surface area contributed by atoms with Crippen molar-refractivity contribution in [3.8, 4) is 5.69 Å². The molecule has 2 heterocycles. The maximum atomic E-state index is 14.1. The highest BCUT2D eigenvalue weighted by molar-refractivity contribution is 7.09. The molecule has 0 aliphatic carbocycles. The third kappa shape index (κ3) is 3.75. The molecule has 27 heavy (non-hydrogen) atoms. The van der Waals surface area contributed by atoms with Gasteiger partial charge in [0.15, 0.2) is 5.82 Å². The van der Waals surface area contributed by atoms with Crippen molar-refractivity contribution in [2.75, 3.05) is 7.05 Å². The highest BCUT2D eigenvalue weighted by Crippen LogP contribution is 2.22. The minimum Gasteiger partial charge on any atom is -0.336 e. The first-order valence-corrected chi connectivity index (χ1v) is 9.40. The van der Waals surface area contributed by atoms with Crippen molar-refractivity contribution in [1.82, 2.24) is 19.7 Å². The third-order valence-corrected chi connectivity index (χ3v) is 5.33. The number of aryl methyl sites for hydroxylation is 2. The van der Waals surface area contributed by atoms with Gasteiger partial charge in [0.25, 0.3) is 5.91 Å². The Labute approximate surface area is 160 Å². The second-order valence-corrected chi connectivity index (χ2v) is 7.24. The van der Waals surface area contributed by atoms with E-state index in [9.17, 15) is 13.6 Å². The molecule has 1 amide bonds. The summed E-state index contributed by atoms with van der Waals surface area (Å²) in [6, 6.07) is 3.27. The Balaban J connectivity index is 1.90. The number of carbonyl (C=O) groups is 1. The summed E-state index contributed by atoms with van der Waals surface area (Å²) in [7, 11) is 1.70. The van der Waals surface area contributed by atoms with E-state index >= 15 is 0 Å². The van der Waals surface area contributed by atoms with Crippen LogP contribution in [-0.2, 0) is 13.0 Å². The van der Waals surface area contributed by atoms with Gasteiger partial charge in [0.1, 0.15) is 11.5 Å². The molecule has 0 bridgehead atoms. The van der Waals surface area contributed by atoms with Crippen LogP contribution in [0.2, 0.25) is 0 Å². The molecule has 0 N–H and O–H groups in total. The number of nitrogens with zero attached hydrogens (tertiary/aromatic N) is 4. The molecule has 0 aliphatic rings. The lowest BCUT2D eigenvalue weighted by molar-refractivity contribution is 0.0782. The van der Waals surface area contributed by atoms with E-state index < -0.39 is 11.6 Å². The molecule has 0 saturated carbocycles. The molecular weight excluding hydrogens is 370 g/mol. The highest BCUT2D eigenvalue weighted by Gasteiger charge is 2.24. The molecule has 1 aromatic carbocycles. The zero-order chi connectivity index (χ0) is 19.7. The van der Waals surface area contributed by atoms with Crippen LogP contribution in [0.1, 0.15) is 39.4 Å². The van der Waals surface area contributed by atoms with Crippen molar-refractivity contribution in [2.45, 2.75) is 33.7 Å². The topological polar surface area (TPSA) is 51.0 Å². The maximum Gasteiger partial charge on any atom is 0.257 e. The number of aromatic nitrogens is 3. The number of carbonyl (C=O) groups excluding carboxylic acids is 1. The monoisotopic (exact) mass is 390 g/mol. The van der Waals surface area contributed by atoms with E-state index in [0.29, 0.717) is 23.5 Å². The molecular formula is C19H20F2N4OS. The standard InChI is InChI=1S/C19H20F2N4OS/c1-5-17-22-14(10-27-17)9-24(4)19(26)18-11(2)23-25(12(18)3)16-7-6-13(20)8-15(16)21/h6-8,10H,5,9H2,1-4H3. The Kier molecular flexibility index (Phi) is 5.36. The van der Waals surface area contributed by atoms with Crippen LogP contribution >= 0.6 is 11.3 Å². The van der Waals surface area contributed by atoms with Crippen molar-refractivity contribution < 1.29 is 13.6 Å². The lowest BCUT2D eigenvalue weighted by atomic mass is 10.1. The first-order valence-electron chi connectivity index (χ1n) is 8.52. The quantitative estimate of drug-likeness (QED) is 0.660. The van der Waals surface area contributed by atoms with E-state index in [2.05, 4.69) is 10.1 Å². The lowest BCUT2D eigenvalue weighted by Gasteiger charge is -2.16. The van der Waals surface area contributed by atoms with Gasteiger partial charge >= 0.3 is 0 Å². The van der Waals surface area contributed by atoms with Crippen LogP contribution in [0.3, 0.4) is 0 Å². The molecule has 0 unspecified atom stereocenters. The molecule has 3 aromatic rings. The molecule has 0 saturated heterocycles. The molecule has 0 radical (unpaired) electrons. The SMILES string of the molecule is CCc1nc(CN(C)C(=O)c2c(C)nn(-c3ccc(F)cc3F)c2C)cs1. The van der Waals surface area contributed by atoms with E-state index in [-0.39, 0.29) is 11.6 Å². The van der Waals surface area contributed by atoms with Gasteiger partial charge < -0.3 is 4.90 Å². The first kappa shape index (κ1) is 19.2. The summed E-state index contributed by atoms with van der Waals surface area (Å²) < 4.78 is 28.7. The number of hydrogen-bond acceptors (Lipinski definition) is 4. The third-order valence-electron chi connectivity index (χ3n) is 4.29. The van der Waals surface area contributed by atoms with Crippen molar-refractivity contribution in [2.24, 2.45) is 0 Å². The summed E-state index contributed by atoms with van der Waals surface area (Å²) in [5, 5.41) is 7.26. The molecule has 0 fully saturated rings. The summed E-state index contributed by atoms with van der Waals surface area (Å²) >= 11 is 1.57. The van der Waals surface area contributed by atoms with Gasteiger partial charge in [-0.1, -0.05) is 6.92 Å². The summed E-state index contributed by atoms with van der Waals surface area (Å²) in [6.07, 6.45) is 0.858. The number of amides is 1. The Morgan fingerprint density at radius 1 is 1.30 bits per heavy atom. The van der Waals surface area contributed by atoms with Crippen LogP contribution < -0.4 is 0 Å². The van der Waals surface area contributed by atoms with Gasteiger partial charge in [0.2, 0.25) is 0 Å². The van der Waals surface area contributed by atoms with Gasteiger partial charge in [-0.15, -0.1) is 11.3 Å². The molecule has 0 aliphatic heterocycles. The second kappa shape index (κ2) is 7.56. The van der Waals surface area contributed by atoms with Crippen LogP contribution in [0.15, 0.2) is 23.6 Å². The Morgan fingerprint density at radius 3 is 2.67 bits per heavy atom. The fourth-order valence-corrected chi connectivity index (χ4v) is 3.67. The minimum absolute atomic E-state index is 0.103. The molecule has 0 spiro atoms. The minimum atomic E-state index is -0.734. The molecule has 5 nitrogen and oxygen atoms in total. The largest absolute Gasteiger partial charge is 0.336 e. The van der Waals surface area contributed by atoms with Crippen LogP contribution in [0.4, 0.5) is 8.78 Å². The van der Waals surface area contributed by atoms with E-state index in [4.69, 9.17) is 0 Å². The summed E-state index contributed by atoms with van der Waals surface area (Å²) in [4.78, 5) is 19.0. The van der Waals surface area contributed by atoms with Crippen molar-refractivity contribution in [3.63, 3.8) is 0 Å². The Bertz CT molecular complexity index is 996. The van der Waals surface area contributed by atoms with Crippen molar-refractivity contribution >= 4 is 17.2 Å².